The minimum absolute atomic E-state index is 0.607. The van der Waals surface area contributed by atoms with Gasteiger partial charge in [0.1, 0.15) is 0 Å². The predicted octanol–water partition coefficient (Wildman–Crippen LogP) is 2.92. The van der Waals surface area contributed by atoms with Gasteiger partial charge >= 0.3 is 0 Å². The van der Waals surface area contributed by atoms with Crippen LogP contribution < -0.4 is 0 Å². The lowest BCUT2D eigenvalue weighted by molar-refractivity contribution is 0.227. The number of hydrogen-bond acceptors (Lipinski definition) is 2. The van der Waals surface area contributed by atoms with Crippen molar-refractivity contribution < 1.29 is 0 Å². The number of halogens is 1. The van der Waals surface area contributed by atoms with Crippen LogP contribution in [0.15, 0.2) is 0 Å². The summed E-state index contributed by atoms with van der Waals surface area (Å²) >= 11 is 5.85. The van der Waals surface area contributed by atoms with Gasteiger partial charge in [0.15, 0.2) is 0 Å². The molecule has 16 heavy (non-hydrogen) atoms. The monoisotopic (exact) mass is 248 g/mol. The third kappa shape index (κ3) is 7.48. The first-order valence-corrected chi connectivity index (χ1v) is 7.21. The molecule has 0 saturated carbocycles. The van der Waals surface area contributed by atoms with Crippen LogP contribution in [0.25, 0.3) is 0 Å². The maximum Gasteiger partial charge on any atom is 0.0261 e. The average Bonchev–Trinajstić information content (AvgIpc) is 2.32. The Morgan fingerprint density at radius 1 is 0.938 bits per heavy atom. The highest BCUT2D eigenvalue weighted by molar-refractivity contribution is 6.18. The normalized spacial score (nSPS) is 13.7. The summed E-state index contributed by atoms with van der Waals surface area (Å²) in [6.07, 6.45) is 1.27. The van der Waals surface area contributed by atoms with E-state index in [4.69, 9.17) is 11.6 Å². The summed E-state index contributed by atoms with van der Waals surface area (Å²) in [6.45, 7) is 16.0. The molecule has 0 aromatic heterocycles. The van der Waals surface area contributed by atoms with E-state index < -0.39 is 0 Å². The molecule has 1 unspecified atom stereocenters. The first-order chi connectivity index (χ1) is 7.67. The molecule has 3 heteroatoms. The summed E-state index contributed by atoms with van der Waals surface area (Å²) in [5.74, 6) is 1.38. The molecule has 0 fully saturated rings. The van der Waals surface area contributed by atoms with Crippen LogP contribution in [0.3, 0.4) is 0 Å². The Bertz CT molecular complexity index is 149. The zero-order valence-corrected chi connectivity index (χ0v) is 12.3. The maximum atomic E-state index is 5.85. The van der Waals surface area contributed by atoms with Crippen LogP contribution in [-0.4, -0.2) is 54.9 Å². The van der Waals surface area contributed by atoms with Gasteiger partial charge in [-0.3, -0.25) is 0 Å². The minimum Gasteiger partial charge on any atom is -0.304 e. The van der Waals surface area contributed by atoms with Gasteiger partial charge in [0.25, 0.3) is 0 Å². The highest BCUT2D eigenvalue weighted by atomic mass is 35.5. The van der Waals surface area contributed by atoms with Gasteiger partial charge in [0, 0.05) is 12.4 Å². The first kappa shape index (κ1) is 16.2. The van der Waals surface area contributed by atoms with Gasteiger partial charge < -0.3 is 9.80 Å². The number of nitrogens with zero attached hydrogens (tertiary/aromatic N) is 2. The third-order valence-electron chi connectivity index (χ3n) is 3.12. The molecule has 0 aromatic carbocycles. The standard InChI is InChI=1S/C13H29ClN2/c1-5-15(6-2)9-8-10-16(7-3)12-13(4)11-14/h13H,5-12H2,1-4H3. The Balaban J connectivity index is 3.69. The molecule has 2 nitrogen and oxygen atoms in total. The van der Waals surface area contributed by atoms with E-state index in [0.717, 1.165) is 19.0 Å². The molecule has 0 spiro atoms. The molecule has 0 amide bonds. The topological polar surface area (TPSA) is 6.48 Å². The fourth-order valence-electron chi connectivity index (χ4n) is 1.93. The van der Waals surface area contributed by atoms with Gasteiger partial charge in [0.05, 0.1) is 0 Å². The lowest BCUT2D eigenvalue weighted by atomic mass is 10.2. The summed E-state index contributed by atoms with van der Waals surface area (Å²) in [5.41, 5.74) is 0. The second-order valence-electron chi connectivity index (χ2n) is 4.53. The summed E-state index contributed by atoms with van der Waals surface area (Å²) in [7, 11) is 0. The first-order valence-electron chi connectivity index (χ1n) is 6.68. The molecule has 0 aliphatic rings. The largest absolute Gasteiger partial charge is 0.304 e. The molecule has 0 bridgehead atoms. The smallest absolute Gasteiger partial charge is 0.0261 e. The van der Waals surface area contributed by atoms with Crippen LogP contribution in [-0.2, 0) is 0 Å². The zero-order chi connectivity index (χ0) is 12.4. The SMILES string of the molecule is CCN(CC)CCCN(CC)CC(C)CCl. The van der Waals surface area contributed by atoms with Gasteiger partial charge in [-0.2, -0.15) is 0 Å². The molecule has 0 radical (unpaired) electrons. The van der Waals surface area contributed by atoms with Crippen molar-refractivity contribution >= 4 is 11.6 Å². The second-order valence-corrected chi connectivity index (χ2v) is 4.84. The number of hydrogen-bond donors (Lipinski definition) is 0. The quantitative estimate of drug-likeness (QED) is 0.549. The lowest BCUT2D eigenvalue weighted by Gasteiger charge is -2.25. The van der Waals surface area contributed by atoms with E-state index in [1.807, 2.05) is 0 Å². The van der Waals surface area contributed by atoms with Crippen LogP contribution in [0.4, 0.5) is 0 Å². The van der Waals surface area contributed by atoms with Gasteiger partial charge in [0.2, 0.25) is 0 Å². The molecular weight excluding hydrogens is 220 g/mol. The summed E-state index contributed by atoms with van der Waals surface area (Å²) in [4.78, 5) is 5.00. The molecule has 0 aliphatic carbocycles. The number of rotatable bonds is 10. The molecule has 0 heterocycles. The van der Waals surface area contributed by atoms with Gasteiger partial charge in [-0.15, -0.1) is 11.6 Å². The lowest BCUT2D eigenvalue weighted by Crippen LogP contribution is -2.33. The van der Waals surface area contributed by atoms with Crippen LogP contribution in [0.1, 0.15) is 34.1 Å². The van der Waals surface area contributed by atoms with Crippen molar-refractivity contribution in [2.75, 3.05) is 45.1 Å². The van der Waals surface area contributed by atoms with Crippen LogP contribution >= 0.6 is 11.6 Å². The average molecular weight is 249 g/mol. The third-order valence-corrected chi connectivity index (χ3v) is 3.65. The molecule has 0 rings (SSSR count). The Labute approximate surface area is 107 Å². The van der Waals surface area contributed by atoms with E-state index in [1.165, 1.54) is 32.6 Å². The minimum atomic E-state index is 0.607. The van der Waals surface area contributed by atoms with Crippen molar-refractivity contribution in [2.24, 2.45) is 5.92 Å². The van der Waals surface area contributed by atoms with E-state index >= 15 is 0 Å². The summed E-state index contributed by atoms with van der Waals surface area (Å²) in [6, 6.07) is 0. The Morgan fingerprint density at radius 2 is 1.44 bits per heavy atom. The fourth-order valence-corrected chi connectivity index (χ4v) is 2.02. The zero-order valence-electron chi connectivity index (χ0n) is 11.5. The predicted molar refractivity (Wildman–Crippen MR) is 74.4 cm³/mol. The fraction of sp³-hybridized carbons (Fsp3) is 1.00. The van der Waals surface area contributed by atoms with Gasteiger partial charge in [-0.05, 0) is 45.1 Å². The van der Waals surface area contributed by atoms with E-state index in [1.54, 1.807) is 0 Å². The summed E-state index contributed by atoms with van der Waals surface area (Å²) < 4.78 is 0. The molecule has 0 aromatic rings. The van der Waals surface area contributed by atoms with Crippen LogP contribution in [0, 0.1) is 5.92 Å². The second kappa shape index (κ2) is 10.4. The van der Waals surface area contributed by atoms with Crippen LogP contribution in [0.5, 0.6) is 0 Å². The van der Waals surface area contributed by atoms with E-state index in [0.29, 0.717) is 5.92 Å². The van der Waals surface area contributed by atoms with Crippen molar-refractivity contribution in [1.82, 2.24) is 9.80 Å². The van der Waals surface area contributed by atoms with Crippen LogP contribution in [0.2, 0.25) is 0 Å². The van der Waals surface area contributed by atoms with Crippen molar-refractivity contribution in [3.8, 4) is 0 Å². The van der Waals surface area contributed by atoms with E-state index in [2.05, 4.69) is 37.5 Å². The maximum absolute atomic E-state index is 5.85. The molecule has 0 N–H and O–H groups in total. The van der Waals surface area contributed by atoms with Crippen molar-refractivity contribution in [1.29, 1.82) is 0 Å². The van der Waals surface area contributed by atoms with E-state index in [-0.39, 0.29) is 0 Å². The molecule has 0 saturated heterocycles. The Morgan fingerprint density at radius 3 is 1.88 bits per heavy atom. The van der Waals surface area contributed by atoms with Crippen molar-refractivity contribution in [3.63, 3.8) is 0 Å². The molecule has 98 valence electrons. The van der Waals surface area contributed by atoms with Gasteiger partial charge in [-0.1, -0.05) is 27.7 Å². The Kier molecular flexibility index (Phi) is 10.5. The van der Waals surface area contributed by atoms with Gasteiger partial charge in [-0.25, -0.2) is 0 Å². The van der Waals surface area contributed by atoms with E-state index in [9.17, 15) is 0 Å². The number of alkyl halides is 1. The highest BCUT2D eigenvalue weighted by Crippen LogP contribution is 2.03. The molecule has 1 atom stereocenters. The Hall–Kier alpha value is 0.210. The van der Waals surface area contributed by atoms with Crippen molar-refractivity contribution in [3.05, 3.63) is 0 Å². The van der Waals surface area contributed by atoms with Crippen molar-refractivity contribution in [2.45, 2.75) is 34.1 Å². The molecular formula is C13H29ClN2. The summed E-state index contributed by atoms with van der Waals surface area (Å²) in [5, 5.41) is 0. The molecule has 0 aliphatic heterocycles. The highest BCUT2D eigenvalue weighted by Gasteiger charge is 2.08.